The SMILES string of the molecule is CCc1ccccc1C(CC(=O)O)Cc1ccc(OCCc2cccc(NC)n2)cc1. The van der Waals surface area contributed by atoms with Gasteiger partial charge in [-0.05, 0) is 59.7 Å². The number of nitrogens with one attached hydrogen (secondary N) is 1. The highest BCUT2D eigenvalue weighted by molar-refractivity contribution is 5.68. The van der Waals surface area contributed by atoms with Crippen molar-refractivity contribution >= 4 is 11.8 Å². The van der Waals surface area contributed by atoms with Crippen molar-refractivity contribution < 1.29 is 14.6 Å². The van der Waals surface area contributed by atoms with Gasteiger partial charge in [-0.3, -0.25) is 4.79 Å². The van der Waals surface area contributed by atoms with Crippen LogP contribution >= 0.6 is 0 Å². The lowest BCUT2D eigenvalue weighted by Crippen LogP contribution is -2.11. The summed E-state index contributed by atoms with van der Waals surface area (Å²) in [7, 11) is 1.85. The molecule has 2 aromatic carbocycles. The van der Waals surface area contributed by atoms with Crippen molar-refractivity contribution in [2.24, 2.45) is 0 Å². The van der Waals surface area contributed by atoms with Gasteiger partial charge in [-0.1, -0.05) is 49.4 Å². The first-order valence-electron chi connectivity index (χ1n) is 10.7. The molecule has 0 amide bonds. The minimum Gasteiger partial charge on any atom is -0.493 e. The number of carboxylic acids is 1. The van der Waals surface area contributed by atoms with Gasteiger partial charge in [0, 0.05) is 19.2 Å². The van der Waals surface area contributed by atoms with Gasteiger partial charge in [-0.2, -0.15) is 0 Å². The van der Waals surface area contributed by atoms with Crippen LogP contribution in [-0.2, 0) is 24.1 Å². The summed E-state index contributed by atoms with van der Waals surface area (Å²) in [6.07, 6.45) is 2.43. The fraction of sp³-hybridized carbons (Fsp3) is 0.308. The van der Waals surface area contributed by atoms with Gasteiger partial charge in [-0.25, -0.2) is 4.98 Å². The zero-order valence-electron chi connectivity index (χ0n) is 18.2. The van der Waals surface area contributed by atoms with Crippen LogP contribution in [0.2, 0.25) is 0 Å². The van der Waals surface area contributed by atoms with Gasteiger partial charge in [0.1, 0.15) is 11.6 Å². The Kier molecular flexibility index (Phi) is 8.05. The van der Waals surface area contributed by atoms with Crippen LogP contribution in [0.5, 0.6) is 5.75 Å². The third kappa shape index (κ3) is 6.57. The summed E-state index contributed by atoms with van der Waals surface area (Å²) < 4.78 is 5.87. The predicted octanol–water partition coefficient (Wildman–Crippen LogP) is 5.11. The average molecular weight is 419 g/mol. The number of carboxylic acid groups (broad SMARTS) is 1. The Morgan fingerprint density at radius 1 is 1.06 bits per heavy atom. The second kappa shape index (κ2) is 11.2. The zero-order chi connectivity index (χ0) is 22.1. The van der Waals surface area contributed by atoms with Crippen molar-refractivity contribution in [1.29, 1.82) is 0 Å². The molecule has 162 valence electrons. The molecular formula is C26H30N2O3. The Balaban J connectivity index is 1.61. The molecule has 0 aliphatic rings. The van der Waals surface area contributed by atoms with Gasteiger partial charge < -0.3 is 15.2 Å². The molecule has 2 N–H and O–H groups in total. The largest absolute Gasteiger partial charge is 0.493 e. The third-order valence-electron chi connectivity index (χ3n) is 5.39. The molecule has 5 nitrogen and oxygen atoms in total. The molecule has 0 aliphatic carbocycles. The number of ether oxygens (including phenoxy) is 1. The maximum atomic E-state index is 11.5. The number of nitrogens with zero attached hydrogens (tertiary/aromatic N) is 1. The predicted molar refractivity (Wildman–Crippen MR) is 124 cm³/mol. The van der Waals surface area contributed by atoms with Gasteiger partial charge in [0.15, 0.2) is 0 Å². The van der Waals surface area contributed by atoms with E-state index in [1.807, 2.05) is 61.6 Å². The fourth-order valence-corrected chi connectivity index (χ4v) is 3.80. The van der Waals surface area contributed by atoms with E-state index < -0.39 is 5.97 Å². The molecule has 1 atom stereocenters. The average Bonchev–Trinajstić information content (AvgIpc) is 2.79. The number of anilines is 1. The second-order valence-corrected chi connectivity index (χ2v) is 7.56. The Hall–Kier alpha value is -3.34. The highest BCUT2D eigenvalue weighted by Gasteiger charge is 2.18. The van der Waals surface area contributed by atoms with Crippen molar-refractivity contribution in [3.63, 3.8) is 0 Å². The number of hydrogen-bond acceptors (Lipinski definition) is 4. The molecule has 0 fully saturated rings. The molecule has 3 rings (SSSR count). The van der Waals surface area contributed by atoms with Crippen LogP contribution in [0.15, 0.2) is 66.7 Å². The normalized spacial score (nSPS) is 11.7. The van der Waals surface area contributed by atoms with Crippen molar-refractivity contribution in [1.82, 2.24) is 4.98 Å². The highest BCUT2D eigenvalue weighted by Crippen LogP contribution is 2.28. The third-order valence-corrected chi connectivity index (χ3v) is 5.39. The summed E-state index contributed by atoms with van der Waals surface area (Å²) in [5.74, 6) is 0.831. The molecule has 1 aromatic heterocycles. The Morgan fingerprint density at radius 3 is 2.55 bits per heavy atom. The quantitative estimate of drug-likeness (QED) is 0.453. The van der Waals surface area contributed by atoms with E-state index in [0.29, 0.717) is 13.0 Å². The molecule has 0 saturated heterocycles. The van der Waals surface area contributed by atoms with E-state index in [4.69, 9.17) is 4.74 Å². The standard InChI is InChI=1S/C26H30N2O3/c1-3-20-7-4-5-9-24(20)21(18-26(29)30)17-19-11-13-23(14-12-19)31-16-15-22-8-6-10-25(27-2)28-22/h4-14,21H,3,15-18H2,1-2H3,(H,27,28)(H,29,30). The number of rotatable bonds is 11. The number of hydrogen-bond donors (Lipinski definition) is 2. The first-order chi connectivity index (χ1) is 15.1. The first kappa shape index (κ1) is 22.3. The molecule has 0 saturated carbocycles. The summed E-state index contributed by atoms with van der Waals surface area (Å²) in [4.78, 5) is 16.0. The second-order valence-electron chi connectivity index (χ2n) is 7.56. The Labute approximate surface area is 184 Å². The van der Waals surface area contributed by atoms with E-state index in [2.05, 4.69) is 29.4 Å². The first-order valence-corrected chi connectivity index (χ1v) is 10.7. The highest BCUT2D eigenvalue weighted by atomic mass is 16.5. The van der Waals surface area contributed by atoms with Gasteiger partial charge in [0.25, 0.3) is 0 Å². The van der Waals surface area contributed by atoms with Crippen LogP contribution < -0.4 is 10.1 Å². The smallest absolute Gasteiger partial charge is 0.303 e. The summed E-state index contributed by atoms with van der Waals surface area (Å²) >= 11 is 0. The Bertz CT molecular complexity index is 986. The maximum Gasteiger partial charge on any atom is 0.303 e. The summed E-state index contributed by atoms with van der Waals surface area (Å²) in [5.41, 5.74) is 4.43. The molecular weight excluding hydrogens is 388 g/mol. The monoisotopic (exact) mass is 418 g/mol. The lowest BCUT2D eigenvalue weighted by atomic mass is 9.86. The van der Waals surface area contributed by atoms with Crippen molar-refractivity contribution in [3.05, 3.63) is 89.1 Å². The van der Waals surface area contributed by atoms with E-state index in [9.17, 15) is 9.90 Å². The van der Waals surface area contributed by atoms with Gasteiger partial charge in [0.2, 0.25) is 0 Å². The summed E-state index contributed by atoms with van der Waals surface area (Å²) in [6, 6.07) is 22.0. The number of carbonyl (C=O) groups is 1. The number of pyridine rings is 1. The van der Waals surface area contributed by atoms with E-state index in [-0.39, 0.29) is 12.3 Å². The minimum atomic E-state index is -0.771. The van der Waals surface area contributed by atoms with Crippen LogP contribution in [0, 0.1) is 0 Å². The van der Waals surface area contributed by atoms with E-state index in [1.54, 1.807) is 0 Å². The van der Waals surface area contributed by atoms with Crippen LogP contribution in [0.1, 0.15) is 41.6 Å². The number of aryl methyl sites for hydroxylation is 1. The minimum absolute atomic E-state index is 0.0501. The number of benzene rings is 2. The maximum absolute atomic E-state index is 11.5. The molecule has 0 aliphatic heterocycles. The van der Waals surface area contributed by atoms with E-state index in [1.165, 1.54) is 5.56 Å². The summed E-state index contributed by atoms with van der Waals surface area (Å²) in [6.45, 7) is 2.65. The zero-order valence-corrected chi connectivity index (χ0v) is 18.2. The van der Waals surface area contributed by atoms with Crippen molar-refractivity contribution in [2.45, 2.75) is 38.5 Å². The lowest BCUT2D eigenvalue weighted by Gasteiger charge is -2.19. The van der Waals surface area contributed by atoms with Gasteiger partial charge in [0.05, 0.1) is 13.0 Å². The van der Waals surface area contributed by atoms with Gasteiger partial charge in [-0.15, -0.1) is 0 Å². The van der Waals surface area contributed by atoms with E-state index in [0.717, 1.165) is 41.2 Å². The molecule has 5 heteroatoms. The molecule has 0 spiro atoms. The van der Waals surface area contributed by atoms with Crippen LogP contribution in [0.25, 0.3) is 0 Å². The van der Waals surface area contributed by atoms with Gasteiger partial charge >= 0.3 is 5.97 Å². The molecule has 0 radical (unpaired) electrons. The molecule has 1 heterocycles. The number of aromatic nitrogens is 1. The number of aliphatic carboxylic acids is 1. The molecule has 0 bridgehead atoms. The van der Waals surface area contributed by atoms with Crippen molar-refractivity contribution in [3.8, 4) is 5.75 Å². The van der Waals surface area contributed by atoms with E-state index >= 15 is 0 Å². The topological polar surface area (TPSA) is 71.5 Å². The van der Waals surface area contributed by atoms with Crippen LogP contribution in [0.3, 0.4) is 0 Å². The molecule has 1 unspecified atom stereocenters. The molecule has 31 heavy (non-hydrogen) atoms. The lowest BCUT2D eigenvalue weighted by molar-refractivity contribution is -0.137. The summed E-state index contributed by atoms with van der Waals surface area (Å²) in [5, 5.41) is 12.5. The van der Waals surface area contributed by atoms with Crippen LogP contribution in [0.4, 0.5) is 5.82 Å². The Morgan fingerprint density at radius 2 is 1.84 bits per heavy atom. The fourth-order valence-electron chi connectivity index (χ4n) is 3.80. The van der Waals surface area contributed by atoms with Crippen LogP contribution in [-0.4, -0.2) is 29.7 Å². The molecule has 3 aromatic rings. The van der Waals surface area contributed by atoms with Crippen molar-refractivity contribution in [2.75, 3.05) is 19.0 Å².